The van der Waals surface area contributed by atoms with Crippen molar-refractivity contribution in [2.75, 3.05) is 0 Å². The first-order valence-electron chi connectivity index (χ1n) is 24.2. The molecule has 11 rings (SSSR count). The van der Waals surface area contributed by atoms with Gasteiger partial charge in [0.25, 0.3) is 0 Å². The van der Waals surface area contributed by atoms with Gasteiger partial charge >= 0.3 is 0 Å². The first-order chi connectivity index (χ1) is 31.1. The van der Waals surface area contributed by atoms with Crippen LogP contribution in [0.4, 0.5) is 0 Å². The predicted molar refractivity (Wildman–Crippen MR) is 262 cm³/mol. The zero-order chi connectivity index (χ0) is 43.6. The maximum absolute atomic E-state index is 9.69. The Balaban J connectivity index is 0.951. The van der Waals surface area contributed by atoms with Gasteiger partial charge in [0, 0.05) is 16.7 Å². The fraction of sp³-hybridized carbons (Fsp3) is 0.367. The summed E-state index contributed by atoms with van der Waals surface area (Å²) in [5, 5.41) is 11.7. The Bertz CT molecular complexity index is 2720. The lowest BCUT2D eigenvalue weighted by atomic mass is 9.54. The van der Waals surface area contributed by atoms with E-state index in [-0.39, 0.29) is 0 Å². The van der Waals surface area contributed by atoms with Gasteiger partial charge in [-0.25, -0.2) is 15.0 Å². The van der Waals surface area contributed by atoms with E-state index in [1.165, 1.54) is 86.5 Å². The van der Waals surface area contributed by atoms with Gasteiger partial charge in [-0.1, -0.05) is 131 Å². The summed E-state index contributed by atoms with van der Waals surface area (Å²) in [5.41, 5.74) is 11.8. The molecule has 0 N–H and O–H groups in total. The molecule has 6 aromatic carbocycles. The summed E-state index contributed by atoms with van der Waals surface area (Å²) in [6, 6.07) is 50.8. The third kappa shape index (κ3) is 7.76. The van der Waals surface area contributed by atoms with Crippen LogP contribution in [-0.4, -0.2) is 15.0 Å². The maximum atomic E-state index is 9.69. The zero-order valence-corrected chi connectivity index (χ0v) is 38.0. The molecule has 0 amide bonds. The molecule has 2 unspecified atom stereocenters. The largest absolute Gasteiger partial charge is 0.208 e. The molecule has 0 spiro atoms. The number of nitriles is 1. The van der Waals surface area contributed by atoms with Gasteiger partial charge in [-0.15, -0.1) is 0 Å². The Morgan fingerprint density at radius 2 is 0.797 bits per heavy atom. The van der Waals surface area contributed by atoms with Crippen LogP contribution in [0.1, 0.15) is 109 Å². The van der Waals surface area contributed by atoms with Crippen LogP contribution in [0.3, 0.4) is 0 Å². The molecule has 8 atom stereocenters. The number of benzene rings is 6. The van der Waals surface area contributed by atoms with Crippen molar-refractivity contribution in [1.29, 1.82) is 5.26 Å². The van der Waals surface area contributed by atoms with Crippen molar-refractivity contribution in [2.45, 2.75) is 103 Å². The smallest absolute Gasteiger partial charge is 0.164 e. The quantitative estimate of drug-likeness (QED) is 0.160. The first-order valence-corrected chi connectivity index (χ1v) is 24.2. The van der Waals surface area contributed by atoms with E-state index in [9.17, 15) is 5.26 Å². The SMILES string of the molecule is C[C@@H]1C[C@@H]2C[C@H](C)CC(c3ccc(-c4cccc(-c5nc(-c6cccc(-c7ccc(C89C[C@H](C)C[C@H](C[C@H](C)C8)C9)cc7)c6)nc(-c6ccc7ccc(C#N)cc7c6)n5)c4)cc3)(C1)C2. The average molecular weight is 837 g/mol. The highest BCUT2D eigenvalue weighted by Gasteiger charge is 2.46. The molecule has 0 radical (unpaired) electrons. The molecular weight excluding hydrogens is 777 g/mol. The van der Waals surface area contributed by atoms with Gasteiger partial charge < -0.3 is 0 Å². The minimum Gasteiger partial charge on any atom is -0.208 e. The van der Waals surface area contributed by atoms with Crippen LogP contribution in [0.5, 0.6) is 0 Å². The van der Waals surface area contributed by atoms with Crippen molar-refractivity contribution in [3.63, 3.8) is 0 Å². The maximum Gasteiger partial charge on any atom is 0.164 e. The van der Waals surface area contributed by atoms with Gasteiger partial charge in [0.2, 0.25) is 0 Å². The molecule has 4 bridgehead atoms. The van der Waals surface area contributed by atoms with Crippen molar-refractivity contribution in [3.8, 4) is 62.5 Å². The van der Waals surface area contributed by atoms with Gasteiger partial charge in [0.05, 0.1) is 11.6 Å². The molecule has 4 saturated carbocycles. The second-order valence-corrected chi connectivity index (χ2v) is 21.4. The molecule has 0 saturated heterocycles. The molecule has 4 aliphatic rings. The minimum atomic E-state index is 0.309. The van der Waals surface area contributed by atoms with Crippen molar-refractivity contribution in [3.05, 3.63) is 150 Å². The fourth-order valence-electron chi connectivity index (χ4n) is 14.0. The van der Waals surface area contributed by atoms with Gasteiger partial charge in [-0.3, -0.25) is 0 Å². The van der Waals surface area contributed by atoms with Crippen molar-refractivity contribution in [1.82, 2.24) is 15.0 Å². The fourth-order valence-corrected chi connectivity index (χ4v) is 14.0. The van der Waals surface area contributed by atoms with E-state index in [2.05, 4.69) is 149 Å². The van der Waals surface area contributed by atoms with Crippen LogP contribution in [0.15, 0.2) is 133 Å². The van der Waals surface area contributed by atoms with Crippen LogP contribution in [0, 0.1) is 46.8 Å². The topological polar surface area (TPSA) is 62.5 Å². The van der Waals surface area contributed by atoms with Gasteiger partial charge in [-0.05, 0) is 185 Å². The molecule has 4 aliphatic carbocycles. The summed E-state index contributed by atoms with van der Waals surface area (Å²) in [6.07, 6.45) is 13.4. The van der Waals surface area contributed by atoms with Gasteiger partial charge in [0.15, 0.2) is 17.5 Å². The Kier molecular flexibility index (Phi) is 10.4. The van der Waals surface area contributed by atoms with Crippen LogP contribution >= 0.6 is 0 Å². The Morgan fingerprint density at radius 3 is 1.23 bits per heavy atom. The van der Waals surface area contributed by atoms with E-state index in [1.807, 2.05) is 18.2 Å². The number of aromatic nitrogens is 3. The number of hydrogen-bond donors (Lipinski definition) is 0. The summed E-state index contributed by atoms with van der Waals surface area (Å²) >= 11 is 0. The zero-order valence-electron chi connectivity index (χ0n) is 38.0. The van der Waals surface area contributed by atoms with E-state index < -0.39 is 0 Å². The van der Waals surface area contributed by atoms with Gasteiger partial charge in [-0.2, -0.15) is 5.26 Å². The molecule has 1 heterocycles. The summed E-state index contributed by atoms with van der Waals surface area (Å²) in [4.78, 5) is 15.6. The van der Waals surface area contributed by atoms with Crippen molar-refractivity contribution in [2.24, 2.45) is 35.5 Å². The monoisotopic (exact) mass is 836 g/mol. The first kappa shape index (κ1) is 40.8. The second kappa shape index (κ2) is 16.3. The predicted octanol–water partition coefficient (Wildman–Crippen LogP) is 15.4. The van der Waals surface area contributed by atoms with E-state index in [4.69, 9.17) is 15.0 Å². The highest BCUT2D eigenvalue weighted by molar-refractivity contribution is 5.88. The lowest BCUT2D eigenvalue weighted by molar-refractivity contribution is 0.0779. The third-order valence-corrected chi connectivity index (χ3v) is 16.0. The highest BCUT2D eigenvalue weighted by atomic mass is 15.0. The lowest BCUT2D eigenvalue weighted by Crippen LogP contribution is -2.42. The van der Waals surface area contributed by atoms with E-state index >= 15 is 0 Å². The normalized spacial score (nSPS) is 27.5. The standard InChI is InChI=1S/C60H60N4/c1-38-23-43-24-39(2)32-59(31-38,35-43)54-19-15-45(16-20-54)48-7-5-9-50(28-48)56-62-57(64-58(63-56)52-14-13-47-12-11-42(37-61)27-53(47)30-52)51-10-6-8-49(29-51)46-17-21-55(22-18-46)60-33-40(3)25-44(36-60)26-41(4)34-60/h5-22,27-30,38-41,43-44H,23-26,31-36H2,1-4H3/t38-,39+,40-,41+,43-,44-,59?,60?. The van der Waals surface area contributed by atoms with Crippen LogP contribution < -0.4 is 0 Å². The second-order valence-electron chi connectivity index (χ2n) is 21.4. The number of nitrogens with zero attached hydrogens (tertiary/aromatic N) is 4. The molecule has 4 fully saturated rings. The molecular formula is C60H60N4. The number of rotatable bonds is 7. The molecule has 0 aliphatic heterocycles. The average Bonchev–Trinajstić information content (AvgIpc) is 3.30. The Morgan fingerprint density at radius 1 is 0.406 bits per heavy atom. The molecule has 1 aromatic heterocycles. The summed E-state index contributed by atoms with van der Waals surface area (Å²) in [6.45, 7) is 9.87. The number of hydrogen-bond acceptors (Lipinski definition) is 4. The van der Waals surface area contributed by atoms with Crippen LogP contribution in [0.25, 0.3) is 67.2 Å². The van der Waals surface area contributed by atoms with E-state index in [0.717, 1.165) is 74.1 Å². The van der Waals surface area contributed by atoms with Crippen molar-refractivity contribution >= 4 is 10.8 Å². The van der Waals surface area contributed by atoms with Gasteiger partial charge in [0.1, 0.15) is 0 Å². The highest BCUT2D eigenvalue weighted by Crippen LogP contribution is 2.55. The van der Waals surface area contributed by atoms with Crippen LogP contribution in [-0.2, 0) is 10.8 Å². The molecule has 320 valence electrons. The summed E-state index contributed by atoms with van der Waals surface area (Å²) in [5.74, 6) is 6.74. The molecule has 4 heteroatoms. The molecule has 4 nitrogen and oxygen atoms in total. The number of fused-ring (bicyclic) bond motifs is 5. The Labute approximate surface area is 380 Å². The third-order valence-electron chi connectivity index (χ3n) is 16.0. The minimum absolute atomic E-state index is 0.309. The van der Waals surface area contributed by atoms with E-state index in [1.54, 1.807) is 0 Å². The van der Waals surface area contributed by atoms with Crippen LogP contribution in [0.2, 0.25) is 0 Å². The summed E-state index contributed by atoms with van der Waals surface area (Å²) in [7, 11) is 0. The Hall–Kier alpha value is -5.92. The molecule has 64 heavy (non-hydrogen) atoms. The van der Waals surface area contributed by atoms with E-state index in [0.29, 0.717) is 33.9 Å². The lowest BCUT2D eigenvalue weighted by Gasteiger charge is -2.50. The molecule has 7 aromatic rings. The summed E-state index contributed by atoms with van der Waals surface area (Å²) < 4.78 is 0. The van der Waals surface area contributed by atoms with Crippen molar-refractivity contribution < 1.29 is 0 Å².